The fourth-order valence-corrected chi connectivity index (χ4v) is 3.69. The van der Waals surface area contributed by atoms with E-state index in [2.05, 4.69) is 5.32 Å². The van der Waals surface area contributed by atoms with Crippen LogP contribution in [0.4, 0.5) is 5.69 Å². The highest BCUT2D eigenvalue weighted by molar-refractivity contribution is 7.90. The highest BCUT2D eigenvalue weighted by atomic mass is 35.5. The Morgan fingerprint density at radius 2 is 1.62 bits per heavy atom. The van der Waals surface area contributed by atoms with Crippen LogP contribution >= 0.6 is 11.6 Å². The number of hydrogen-bond acceptors (Lipinski definition) is 4. The Morgan fingerprint density at radius 3 is 2.21 bits per heavy atom. The maximum absolute atomic E-state index is 12.6. The first-order chi connectivity index (χ1) is 13.6. The van der Waals surface area contributed by atoms with Gasteiger partial charge in [-0.3, -0.25) is 9.59 Å². The molecule has 0 fully saturated rings. The third-order valence-corrected chi connectivity index (χ3v) is 5.66. The topological polar surface area (TPSA) is 106 Å². The van der Waals surface area contributed by atoms with E-state index in [1.165, 1.54) is 18.2 Å². The lowest BCUT2D eigenvalue weighted by Crippen LogP contribution is -2.13. The number of primary amides is 1. The number of nitrogens with two attached hydrogens (primary N) is 1. The van der Waals surface area contributed by atoms with Crippen molar-refractivity contribution in [2.45, 2.75) is 4.90 Å². The largest absolute Gasteiger partial charge is 0.366 e. The highest BCUT2D eigenvalue weighted by Gasteiger charge is 2.15. The second-order valence-corrected chi connectivity index (χ2v) is 8.81. The molecule has 0 unspecified atom stereocenters. The molecule has 0 saturated carbocycles. The molecule has 0 aromatic heterocycles. The zero-order valence-corrected chi connectivity index (χ0v) is 16.9. The number of anilines is 1. The van der Waals surface area contributed by atoms with Crippen molar-refractivity contribution in [3.63, 3.8) is 0 Å². The molecule has 3 aromatic rings. The molecule has 3 aromatic carbocycles. The van der Waals surface area contributed by atoms with E-state index in [1.54, 1.807) is 42.5 Å². The second kappa shape index (κ2) is 8.06. The summed E-state index contributed by atoms with van der Waals surface area (Å²) in [5.74, 6) is -0.965. The van der Waals surface area contributed by atoms with Gasteiger partial charge in [0.15, 0.2) is 9.84 Å². The molecule has 0 heterocycles. The van der Waals surface area contributed by atoms with Gasteiger partial charge in [-0.15, -0.1) is 0 Å². The van der Waals surface area contributed by atoms with Gasteiger partial charge in [-0.1, -0.05) is 35.9 Å². The molecule has 8 heteroatoms. The van der Waals surface area contributed by atoms with E-state index in [4.69, 9.17) is 17.3 Å². The molecule has 3 rings (SSSR count). The quantitative estimate of drug-likeness (QED) is 0.645. The van der Waals surface area contributed by atoms with Crippen LogP contribution < -0.4 is 11.1 Å². The van der Waals surface area contributed by atoms with E-state index in [0.29, 0.717) is 11.3 Å². The highest BCUT2D eigenvalue weighted by Crippen LogP contribution is 2.25. The summed E-state index contributed by atoms with van der Waals surface area (Å²) < 4.78 is 23.2. The van der Waals surface area contributed by atoms with E-state index in [0.717, 1.165) is 17.4 Å². The molecular formula is C21H17ClN2O4S. The molecule has 0 radical (unpaired) electrons. The lowest BCUT2D eigenvalue weighted by Gasteiger charge is -2.10. The first kappa shape index (κ1) is 20.6. The van der Waals surface area contributed by atoms with Gasteiger partial charge in [0.2, 0.25) is 5.91 Å². The molecule has 0 atom stereocenters. The van der Waals surface area contributed by atoms with Crippen LogP contribution in [-0.2, 0) is 9.84 Å². The third kappa shape index (κ3) is 4.82. The van der Waals surface area contributed by atoms with Crippen molar-refractivity contribution in [1.29, 1.82) is 0 Å². The fraction of sp³-hybridized carbons (Fsp3) is 0.0476. The number of benzene rings is 3. The molecule has 29 heavy (non-hydrogen) atoms. The number of nitrogens with one attached hydrogen (secondary N) is 1. The molecule has 0 bridgehead atoms. The number of sulfone groups is 1. The predicted molar refractivity (Wildman–Crippen MR) is 113 cm³/mol. The molecular weight excluding hydrogens is 412 g/mol. The second-order valence-electron chi connectivity index (χ2n) is 6.39. The number of carbonyl (C=O) groups is 2. The summed E-state index contributed by atoms with van der Waals surface area (Å²) in [6, 6.07) is 17.9. The Morgan fingerprint density at radius 1 is 0.931 bits per heavy atom. The van der Waals surface area contributed by atoms with Gasteiger partial charge in [0.1, 0.15) is 0 Å². The van der Waals surface area contributed by atoms with Crippen LogP contribution in [0.5, 0.6) is 0 Å². The first-order valence-electron chi connectivity index (χ1n) is 8.46. The van der Waals surface area contributed by atoms with Gasteiger partial charge < -0.3 is 11.1 Å². The monoisotopic (exact) mass is 428 g/mol. The minimum atomic E-state index is -3.42. The minimum Gasteiger partial charge on any atom is -0.366 e. The van der Waals surface area contributed by atoms with Crippen LogP contribution in [0.3, 0.4) is 0 Å². The number of halogens is 1. The van der Waals surface area contributed by atoms with Crippen LogP contribution in [0.25, 0.3) is 11.1 Å². The Kier molecular flexibility index (Phi) is 5.72. The van der Waals surface area contributed by atoms with Crippen LogP contribution in [0.1, 0.15) is 20.7 Å². The van der Waals surface area contributed by atoms with E-state index in [1.807, 2.05) is 6.07 Å². The van der Waals surface area contributed by atoms with Crippen molar-refractivity contribution in [2.75, 3.05) is 11.6 Å². The van der Waals surface area contributed by atoms with Gasteiger partial charge in [-0.05, 0) is 53.6 Å². The van der Waals surface area contributed by atoms with E-state index >= 15 is 0 Å². The van der Waals surface area contributed by atoms with Crippen molar-refractivity contribution >= 4 is 38.9 Å². The summed E-state index contributed by atoms with van der Waals surface area (Å²) in [6.45, 7) is 0. The molecule has 0 spiro atoms. The van der Waals surface area contributed by atoms with Gasteiger partial charge in [-0.25, -0.2) is 8.42 Å². The van der Waals surface area contributed by atoms with Crippen molar-refractivity contribution in [2.24, 2.45) is 5.73 Å². The van der Waals surface area contributed by atoms with E-state index in [-0.39, 0.29) is 15.5 Å². The maximum atomic E-state index is 12.6. The Labute approximate surface area is 173 Å². The standard InChI is InChI=1S/C21H17ClN2O4S/c1-29(27,28)17-9-10-18(19(22)12-17)21(26)24-16-4-2-3-15(11-16)13-5-7-14(8-6-13)20(23)25/h2-12H,1H3,(H2,23,25)(H,24,26). The van der Waals surface area contributed by atoms with Crippen LogP contribution in [0.15, 0.2) is 71.6 Å². The normalized spacial score (nSPS) is 11.1. The Bertz CT molecular complexity index is 1210. The summed E-state index contributed by atoms with van der Waals surface area (Å²) in [5.41, 5.74) is 8.04. The Balaban J connectivity index is 1.83. The lowest BCUT2D eigenvalue weighted by atomic mass is 10.0. The summed E-state index contributed by atoms with van der Waals surface area (Å²) in [4.78, 5) is 23.8. The van der Waals surface area contributed by atoms with Crippen molar-refractivity contribution in [3.05, 3.63) is 82.9 Å². The van der Waals surface area contributed by atoms with Gasteiger partial charge in [0.05, 0.1) is 15.5 Å². The van der Waals surface area contributed by atoms with Gasteiger partial charge in [0.25, 0.3) is 5.91 Å². The lowest BCUT2D eigenvalue weighted by molar-refractivity contribution is 0.0997. The van der Waals surface area contributed by atoms with Crippen molar-refractivity contribution < 1.29 is 18.0 Å². The molecule has 0 aliphatic rings. The summed E-state index contributed by atoms with van der Waals surface area (Å²) in [6.07, 6.45) is 1.07. The van der Waals surface area contributed by atoms with Gasteiger partial charge in [0, 0.05) is 17.5 Å². The van der Waals surface area contributed by atoms with Crippen LogP contribution in [-0.4, -0.2) is 26.5 Å². The number of carbonyl (C=O) groups excluding carboxylic acids is 2. The van der Waals surface area contributed by atoms with Crippen LogP contribution in [0, 0.1) is 0 Å². The smallest absolute Gasteiger partial charge is 0.257 e. The van der Waals surface area contributed by atoms with E-state index in [9.17, 15) is 18.0 Å². The minimum absolute atomic E-state index is 0.0421. The number of hydrogen-bond donors (Lipinski definition) is 2. The average molecular weight is 429 g/mol. The van der Waals surface area contributed by atoms with Gasteiger partial charge in [-0.2, -0.15) is 0 Å². The summed E-state index contributed by atoms with van der Waals surface area (Å²) in [7, 11) is -3.42. The SMILES string of the molecule is CS(=O)(=O)c1ccc(C(=O)Nc2cccc(-c3ccc(C(N)=O)cc3)c2)c(Cl)c1. The summed E-state index contributed by atoms with van der Waals surface area (Å²) in [5, 5.41) is 2.80. The van der Waals surface area contributed by atoms with Crippen molar-refractivity contribution in [3.8, 4) is 11.1 Å². The Hall–Kier alpha value is -3.16. The maximum Gasteiger partial charge on any atom is 0.257 e. The molecule has 0 aliphatic heterocycles. The molecule has 0 saturated heterocycles. The third-order valence-electron chi connectivity index (χ3n) is 4.24. The van der Waals surface area contributed by atoms with Crippen LogP contribution in [0.2, 0.25) is 5.02 Å². The van der Waals surface area contributed by atoms with Crippen molar-refractivity contribution in [1.82, 2.24) is 0 Å². The zero-order chi connectivity index (χ0) is 21.2. The average Bonchev–Trinajstić information content (AvgIpc) is 2.67. The number of amides is 2. The molecule has 6 nitrogen and oxygen atoms in total. The first-order valence-corrected chi connectivity index (χ1v) is 10.7. The predicted octanol–water partition coefficient (Wildman–Crippen LogP) is 3.76. The molecule has 148 valence electrons. The zero-order valence-electron chi connectivity index (χ0n) is 15.3. The summed E-state index contributed by atoms with van der Waals surface area (Å²) >= 11 is 6.10. The molecule has 2 amide bonds. The number of rotatable bonds is 5. The molecule has 0 aliphatic carbocycles. The van der Waals surface area contributed by atoms with Gasteiger partial charge >= 0.3 is 0 Å². The van der Waals surface area contributed by atoms with E-state index < -0.39 is 21.7 Å². The fourth-order valence-electron chi connectivity index (χ4n) is 2.71. The molecule has 3 N–H and O–H groups in total.